The van der Waals surface area contributed by atoms with Gasteiger partial charge in [0.15, 0.2) is 5.16 Å². The summed E-state index contributed by atoms with van der Waals surface area (Å²) in [6, 6.07) is 0. The lowest BCUT2D eigenvalue weighted by atomic mass is 10.2. The number of carboxylic acid groups (broad SMARTS) is 1. The maximum absolute atomic E-state index is 12.0. The topological polar surface area (TPSA) is 72.2 Å². The van der Waals surface area contributed by atoms with Crippen LogP contribution in [0.3, 0.4) is 0 Å². The molecule has 0 bridgehead atoms. The van der Waals surface area contributed by atoms with Crippen LogP contribution >= 0.6 is 23.5 Å². The van der Waals surface area contributed by atoms with Gasteiger partial charge >= 0.3 is 5.97 Å². The second-order valence-corrected chi connectivity index (χ2v) is 5.90. The second kappa shape index (κ2) is 3.53. The highest BCUT2D eigenvalue weighted by Gasteiger charge is 2.33. The van der Waals surface area contributed by atoms with E-state index >= 15 is 0 Å². The number of fused-ring (bicyclic) bond motifs is 2. The van der Waals surface area contributed by atoms with E-state index in [0.717, 1.165) is 22.7 Å². The summed E-state index contributed by atoms with van der Waals surface area (Å²) >= 11 is 2.69. The van der Waals surface area contributed by atoms with Crippen molar-refractivity contribution in [3.05, 3.63) is 16.0 Å². The predicted molar refractivity (Wildman–Crippen MR) is 60.2 cm³/mol. The minimum absolute atomic E-state index is 0.0706. The molecule has 7 heteroatoms. The average molecular weight is 256 g/mol. The standard InChI is InChI=1S/C9H8N2O3S2/c12-7-6-4(3-5(16-6)8(13)14)10-9-11(7)1-2-15-9/h5H,1-3H2,(H,13,14). The molecule has 16 heavy (non-hydrogen) atoms. The zero-order valence-corrected chi connectivity index (χ0v) is 9.81. The molecule has 84 valence electrons. The Bertz CT molecular complexity index is 540. The van der Waals surface area contributed by atoms with Crippen LogP contribution in [-0.2, 0) is 17.8 Å². The van der Waals surface area contributed by atoms with Gasteiger partial charge in [0.1, 0.15) is 5.25 Å². The molecule has 2 aliphatic heterocycles. The largest absolute Gasteiger partial charge is 0.480 e. The summed E-state index contributed by atoms with van der Waals surface area (Å²) in [5.41, 5.74) is 0.585. The van der Waals surface area contributed by atoms with Gasteiger partial charge in [-0.05, 0) is 0 Å². The van der Waals surface area contributed by atoms with Crippen LogP contribution in [0.4, 0.5) is 0 Å². The molecule has 1 aromatic rings. The first-order valence-corrected chi connectivity index (χ1v) is 6.69. The van der Waals surface area contributed by atoms with Gasteiger partial charge in [-0.2, -0.15) is 0 Å². The maximum Gasteiger partial charge on any atom is 0.317 e. The molecule has 0 aliphatic carbocycles. The number of carboxylic acids is 1. The molecule has 0 saturated heterocycles. The van der Waals surface area contributed by atoms with Gasteiger partial charge in [0.05, 0.1) is 10.6 Å². The summed E-state index contributed by atoms with van der Waals surface area (Å²) in [4.78, 5) is 27.8. The number of rotatable bonds is 1. The monoisotopic (exact) mass is 256 g/mol. The van der Waals surface area contributed by atoms with Gasteiger partial charge in [-0.1, -0.05) is 11.8 Å². The van der Waals surface area contributed by atoms with Gasteiger partial charge in [0.25, 0.3) is 5.56 Å². The molecule has 3 rings (SSSR count). The van der Waals surface area contributed by atoms with E-state index in [4.69, 9.17) is 5.11 Å². The highest BCUT2D eigenvalue weighted by atomic mass is 32.2. The van der Waals surface area contributed by atoms with E-state index in [0.29, 0.717) is 23.6 Å². The third-order valence-electron chi connectivity index (χ3n) is 2.62. The van der Waals surface area contributed by atoms with Crippen molar-refractivity contribution in [1.29, 1.82) is 0 Å². The minimum atomic E-state index is -0.875. The summed E-state index contributed by atoms with van der Waals surface area (Å²) in [5.74, 6) is -0.00163. The van der Waals surface area contributed by atoms with Crippen LogP contribution in [0.2, 0.25) is 0 Å². The van der Waals surface area contributed by atoms with E-state index in [9.17, 15) is 9.59 Å². The average Bonchev–Trinajstić information content (AvgIpc) is 2.83. The molecular weight excluding hydrogens is 248 g/mol. The van der Waals surface area contributed by atoms with Gasteiger partial charge in [0.2, 0.25) is 0 Å². The molecule has 0 saturated carbocycles. The van der Waals surface area contributed by atoms with Crippen LogP contribution in [0.15, 0.2) is 14.8 Å². The van der Waals surface area contributed by atoms with Crippen LogP contribution in [-0.4, -0.2) is 31.6 Å². The van der Waals surface area contributed by atoms with Crippen LogP contribution < -0.4 is 5.56 Å². The van der Waals surface area contributed by atoms with Crippen LogP contribution in [0.25, 0.3) is 0 Å². The zero-order chi connectivity index (χ0) is 11.3. The fourth-order valence-electron chi connectivity index (χ4n) is 1.85. The summed E-state index contributed by atoms with van der Waals surface area (Å²) < 4.78 is 1.64. The van der Waals surface area contributed by atoms with Crippen molar-refractivity contribution in [2.24, 2.45) is 0 Å². The molecule has 0 fully saturated rings. The van der Waals surface area contributed by atoms with Gasteiger partial charge < -0.3 is 5.11 Å². The van der Waals surface area contributed by atoms with Gasteiger partial charge in [0, 0.05) is 18.7 Å². The Morgan fingerprint density at radius 3 is 3.12 bits per heavy atom. The molecule has 0 amide bonds. The number of carbonyl (C=O) groups is 1. The number of hydrogen-bond donors (Lipinski definition) is 1. The van der Waals surface area contributed by atoms with Crippen molar-refractivity contribution >= 4 is 29.5 Å². The normalized spacial score (nSPS) is 21.9. The Balaban J connectivity index is 2.10. The van der Waals surface area contributed by atoms with Crippen LogP contribution in [0, 0.1) is 0 Å². The summed E-state index contributed by atoms with van der Waals surface area (Å²) in [6.07, 6.45) is 0.360. The number of thioether (sulfide) groups is 2. The predicted octanol–water partition coefficient (Wildman–Crippen LogP) is 0.450. The molecule has 0 radical (unpaired) electrons. The Morgan fingerprint density at radius 1 is 1.56 bits per heavy atom. The maximum atomic E-state index is 12.0. The molecule has 1 unspecified atom stereocenters. The minimum Gasteiger partial charge on any atom is -0.480 e. The highest BCUT2D eigenvalue weighted by molar-refractivity contribution is 8.01. The number of nitrogens with zero attached hydrogens (tertiary/aromatic N) is 2. The molecule has 1 aromatic heterocycles. The van der Waals surface area contributed by atoms with Crippen molar-refractivity contribution in [3.8, 4) is 0 Å². The van der Waals surface area contributed by atoms with Crippen LogP contribution in [0.5, 0.6) is 0 Å². The van der Waals surface area contributed by atoms with Gasteiger partial charge in [-0.3, -0.25) is 14.2 Å². The Hall–Kier alpha value is -0.950. The molecule has 5 nitrogen and oxygen atoms in total. The lowest BCUT2D eigenvalue weighted by Gasteiger charge is -2.03. The highest BCUT2D eigenvalue weighted by Crippen LogP contribution is 2.35. The second-order valence-electron chi connectivity index (χ2n) is 3.62. The fraction of sp³-hybridized carbons (Fsp3) is 0.444. The Labute approximate surface area is 99.3 Å². The van der Waals surface area contributed by atoms with Crippen molar-refractivity contribution in [2.75, 3.05) is 5.75 Å². The first-order chi connectivity index (χ1) is 7.66. The lowest BCUT2D eigenvalue weighted by molar-refractivity contribution is -0.136. The number of aliphatic carboxylic acids is 1. The Kier molecular flexibility index (Phi) is 2.25. The number of hydrogen-bond acceptors (Lipinski definition) is 5. The molecule has 3 heterocycles. The fourth-order valence-corrected chi connectivity index (χ4v) is 3.91. The van der Waals surface area contributed by atoms with Crippen molar-refractivity contribution < 1.29 is 9.90 Å². The third kappa shape index (κ3) is 1.38. The van der Waals surface area contributed by atoms with Crippen LogP contribution in [0.1, 0.15) is 5.69 Å². The number of aromatic nitrogens is 2. The lowest BCUT2D eigenvalue weighted by Crippen LogP contribution is -2.22. The van der Waals surface area contributed by atoms with Crippen molar-refractivity contribution in [3.63, 3.8) is 0 Å². The van der Waals surface area contributed by atoms with E-state index in [1.165, 1.54) is 0 Å². The third-order valence-corrected chi connectivity index (χ3v) is 4.88. The van der Waals surface area contributed by atoms with Gasteiger partial charge in [-0.15, -0.1) is 11.8 Å². The first kappa shape index (κ1) is 10.2. The van der Waals surface area contributed by atoms with Crippen molar-refractivity contribution in [2.45, 2.75) is 28.3 Å². The van der Waals surface area contributed by atoms with E-state index in [2.05, 4.69) is 4.98 Å². The Morgan fingerprint density at radius 2 is 2.38 bits per heavy atom. The molecule has 1 N–H and O–H groups in total. The molecule has 1 atom stereocenters. The molecule has 0 aromatic carbocycles. The molecular formula is C9H8N2O3S2. The summed E-state index contributed by atoms with van der Waals surface area (Å²) in [6.45, 7) is 0.678. The molecule has 0 spiro atoms. The van der Waals surface area contributed by atoms with E-state index in [-0.39, 0.29) is 5.56 Å². The van der Waals surface area contributed by atoms with E-state index in [1.807, 2.05) is 0 Å². The summed E-state index contributed by atoms with van der Waals surface area (Å²) in [7, 11) is 0. The summed E-state index contributed by atoms with van der Waals surface area (Å²) in [5, 5.41) is 9.10. The zero-order valence-electron chi connectivity index (χ0n) is 8.17. The van der Waals surface area contributed by atoms with E-state index in [1.54, 1.807) is 16.3 Å². The SMILES string of the molecule is O=C(O)C1Cc2nc3n(c(=O)c2S1)CCS3. The molecule has 2 aliphatic rings. The van der Waals surface area contributed by atoms with Gasteiger partial charge in [-0.25, -0.2) is 4.98 Å². The van der Waals surface area contributed by atoms with E-state index < -0.39 is 11.2 Å². The smallest absolute Gasteiger partial charge is 0.317 e. The quantitative estimate of drug-likeness (QED) is 0.736. The first-order valence-electron chi connectivity index (χ1n) is 4.83. The van der Waals surface area contributed by atoms with Crippen molar-refractivity contribution in [1.82, 2.24) is 9.55 Å².